The van der Waals surface area contributed by atoms with Gasteiger partial charge in [-0.05, 0) is 62.2 Å². The van der Waals surface area contributed by atoms with Crippen molar-refractivity contribution in [2.75, 3.05) is 10.0 Å². The minimum absolute atomic E-state index is 0.0545. The van der Waals surface area contributed by atoms with Crippen LogP contribution >= 0.6 is 0 Å². The quantitative estimate of drug-likeness (QED) is 0.895. The molecular formula is C17H18N2O4S. The molecule has 2 aromatic rings. The van der Waals surface area contributed by atoms with Crippen LogP contribution in [0, 0.1) is 13.8 Å². The van der Waals surface area contributed by atoms with E-state index in [2.05, 4.69) is 10.0 Å². The van der Waals surface area contributed by atoms with E-state index in [4.69, 9.17) is 4.74 Å². The highest BCUT2D eigenvalue weighted by molar-refractivity contribution is 7.92. The summed E-state index contributed by atoms with van der Waals surface area (Å²) in [7, 11) is -3.77. The molecule has 6 nitrogen and oxygen atoms in total. The Morgan fingerprint density at radius 3 is 2.42 bits per heavy atom. The minimum atomic E-state index is -3.77. The summed E-state index contributed by atoms with van der Waals surface area (Å²) in [6, 6.07) is 9.87. The number of ether oxygens (including phenoxy) is 1. The zero-order chi connectivity index (χ0) is 17.5. The van der Waals surface area contributed by atoms with Gasteiger partial charge in [0.05, 0.1) is 10.6 Å². The summed E-state index contributed by atoms with van der Waals surface area (Å²) in [4.78, 5) is 11.7. The van der Waals surface area contributed by atoms with E-state index in [0.717, 1.165) is 11.1 Å². The number of anilines is 2. The molecule has 1 aliphatic rings. The van der Waals surface area contributed by atoms with Crippen LogP contribution in [0.15, 0.2) is 41.3 Å². The number of rotatable bonds is 3. The van der Waals surface area contributed by atoms with Crippen molar-refractivity contribution in [3.8, 4) is 5.75 Å². The Kier molecular flexibility index (Phi) is 3.96. The maximum Gasteiger partial charge on any atom is 0.265 e. The van der Waals surface area contributed by atoms with Crippen molar-refractivity contribution in [2.24, 2.45) is 0 Å². The van der Waals surface area contributed by atoms with Crippen molar-refractivity contribution in [3.63, 3.8) is 0 Å². The maximum atomic E-state index is 12.6. The van der Waals surface area contributed by atoms with Crippen LogP contribution in [0.4, 0.5) is 11.4 Å². The third-order valence-electron chi connectivity index (χ3n) is 3.67. The van der Waals surface area contributed by atoms with Gasteiger partial charge in [0, 0.05) is 5.69 Å². The molecular weight excluding hydrogens is 328 g/mol. The van der Waals surface area contributed by atoms with Gasteiger partial charge in [-0.15, -0.1) is 0 Å². The number of aryl methyl sites for hydroxylation is 2. The monoisotopic (exact) mass is 346 g/mol. The summed E-state index contributed by atoms with van der Waals surface area (Å²) in [6.07, 6.45) is -0.603. The van der Waals surface area contributed by atoms with Gasteiger partial charge in [-0.1, -0.05) is 6.07 Å². The standard InChI is InChI=1S/C17H18N2O4S/c1-10-6-11(2)8-13(7-10)19-24(21,22)14-4-5-16-15(9-14)18-17(20)12(3)23-16/h4-9,12,19H,1-3H3,(H,18,20). The fraction of sp³-hybridized carbons (Fsp3) is 0.235. The molecule has 1 heterocycles. The van der Waals surface area contributed by atoms with E-state index in [1.54, 1.807) is 25.1 Å². The van der Waals surface area contributed by atoms with Crippen LogP contribution in [-0.4, -0.2) is 20.4 Å². The number of carbonyl (C=O) groups is 1. The molecule has 1 unspecified atom stereocenters. The van der Waals surface area contributed by atoms with Crippen LogP contribution in [0.25, 0.3) is 0 Å². The number of carbonyl (C=O) groups excluding carboxylic acids is 1. The number of hydrogen-bond donors (Lipinski definition) is 2. The van der Waals surface area contributed by atoms with Gasteiger partial charge in [-0.2, -0.15) is 0 Å². The lowest BCUT2D eigenvalue weighted by Gasteiger charge is -2.23. The van der Waals surface area contributed by atoms with Gasteiger partial charge in [-0.25, -0.2) is 8.42 Å². The highest BCUT2D eigenvalue weighted by Gasteiger charge is 2.25. The van der Waals surface area contributed by atoms with E-state index < -0.39 is 16.1 Å². The van der Waals surface area contributed by atoms with E-state index in [1.807, 2.05) is 19.9 Å². The largest absolute Gasteiger partial charge is 0.479 e. The van der Waals surface area contributed by atoms with Crippen molar-refractivity contribution in [1.29, 1.82) is 0 Å². The molecule has 7 heteroatoms. The van der Waals surface area contributed by atoms with E-state index in [1.165, 1.54) is 12.1 Å². The van der Waals surface area contributed by atoms with E-state index >= 15 is 0 Å². The number of sulfonamides is 1. The Bertz CT molecular complexity index is 902. The summed E-state index contributed by atoms with van der Waals surface area (Å²) in [6.45, 7) is 5.43. The lowest BCUT2D eigenvalue weighted by molar-refractivity contribution is -0.122. The van der Waals surface area contributed by atoms with Crippen molar-refractivity contribution in [3.05, 3.63) is 47.5 Å². The van der Waals surface area contributed by atoms with Gasteiger partial charge in [0.1, 0.15) is 5.75 Å². The molecule has 0 aromatic heterocycles. The molecule has 126 valence electrons. The topological polar surface area (TPSA) is 84.5 Å². The molecule has 2 N–H and O–H groups in total. The molecule has 0 aliphatic carbocycles. The first-order valence-corrected chi connectivity index (χ1v) is 8.95. The molecule has 1 aliphatic heterocycles. The normalized spacial score (nSPS) is 16.8. The van der Waals surface area contributed by atoms with Gasteiger partial charge >= 0.3 is 0 Å². The Hall–Kier alpha value is -2.54. The van der Waals surface area contributed by atoms with Crippen LogP contribution in [0.2, 0.25) is 0 Å². The van der Waals surface area contributed by atoms with Crippen molar-refractivity contribution >= 4 is 27.3 Å². The number of nitrogens with one attached hydrogen (secondary N) is 2. The third kappa shape index (κ3) is 3.21. The van der Waals surface area contributed by atoms with Crippen LogP contribution in [0.5, 0.6) is 5.75 Å². The second-order valence-electron chi connectivity index (χ2n) is 5.89. The number of hydrogen-bond acceptors (Lipinski definition) is 4. The third-order valence-corrected chi connectivity index (χ3v) is 5.05. The first-order valence-electron chi connectivity index (χ1n) is 7.47. The first kappa shape index (κ1) is 16.3. The zero-order valence-corrected chi connectivity index (χ0v) is 14.4. The average molecular weight is 346 g/mol. The number of benzene rings is 2. The molecule has 0 saturated carbocycles. The van der Waals surface area contributed by atoms with E-state index in [9.17, 15) is 13.2 Å². The van der Waals surface area contributed by atoms with Crippen molar-refractivity contribution in [1.82, 2.24) is 0 Å². The highest BCUT2D eigenvalue weighted by Crippen LogP contribution is 2.32. The van der Waals surface area contributed by atoms with E-state index in [0.29, 0.717) is 17.1 Å². The first-order chi connectivity index (χ1) is 11.2. The Morgan fingerprint density at radius 2 is 1.75 bits per heavy atom. The fourth-order valence-electron chi connectivity index (χ4n) is 2.60. The summed E-state index contributed by atoms with van der Waals surface area (Å²) >= 11 is 0. The average Bonchev–Trinajstić information content (AvgIpc) is 2.46. The lowest BCUT2D eigenvalue weighted by Crippen LogP contribution is -2.34. The second-order valence-corrected chi connectivity index (χ2v) is 7.57. The van der Waals surface area contributed by atoms with Crippen molar-refractivity contribution < 1.29 is 17.9 Å². The summed E-state index contributed by atoms with van der Waals surface area (Å²) in [5, 5.41) is 2.65. The van der Waals surface area contributed by atoms with Crippen LogP contribution in [0.3, 0.4) is 0 Å². The predicted octanol–water partition coefficient (Wildman–Crippen LogP) is 2.82. The van der Waals surface area contributed by atoms with Gasteiger partial charge in [0.15, 0.2) is 6.10 Å². The number of amides is 1. The fourth-order valence-corrected chi connectivity index (χ4v) is 3.67. The molecule has 2 aromatic carbocycles. The number of fused-ring (bicyclic) bond motifs is 1. The zero-order valence-electron chi connectivity index (χ0n) is 13.6. The van der Waals surface area contributed by atoms with Gasteiger partial charge in [0.25, 0.3) is 15.9 Å². The molecule has 1 atom stereocenters. The molecule has 24 heavy (non-hydrogen) atoms. The Balaban J connectivity index is 1.93. The van der Waals surface area contributed by atoms with Crippen molar-refractivity contribution in [2.45, 2.75) is 31.8 Å². The minimum Gasteiger partial charge on any atom is -0.479 e. The Morgan fingerprint density at radius 1 is 1.08 bits per heavy atom. The molecule has 0 radical (unpaired) electrons. The predicted molar refractivity (Wildman–Crippen MR) is 91.9 cm³/mol. The summed E-state index contributed by atoms with van der Waals surface area (Å²) in [5.41, 5.74) is 2.78. The highest BCUT2D eigenvalue weighted by atomic mass is 32.2. The van der Waals surface area contributed by atoms with Gasteiger partial charge in [-0.3, -0.25) is 9.52 Å². The molecule has 0 fully saturated rings. The summed E-state index contributed by atoms with van der Waals surface area (Å²) < 4.78 is 33.2. The molecule has 0 bridgehead atoms. The maximum absolute atomic E-state index is 12.6. The molecule has 1 amide bonds. The Labute approximate surface area is 140 Å². The van der Waals surface area contributed by atoms with Crippen LogP contribution in [0.1, 0.15) is 18.1 Å². The molecule has 0 saturated heterocycles. The molecule has 0 spiro atoms. The van der Waals surface area contributed by atoms with E-state index in [-0.39, 0.29) is 10.8 Å². The SMILES string of the molecule is Cc1cc(C)cc(NS(=O)(=O)c2ccc3c(c2)NC(=O)C(C)O3)c1. The van der Waals surface area contributed by atoms with Crippen LogP contribution < -0.4 is 14.8 Å². The second kappa shape index (κ2) is 5.83. The lowest BCUT2D eigenvalue weighted by atomic mass is 10.1. The smallest absolute Gasteiger partial charge is 0.265 e. The molecule has 3 rings (SSSR count). The summed E-state index contributed by atoms with van der Waals surface area (Å²) in [5.74, 6) is 0.145. The van der Waals surface area contributed by atoms with Gasteiger partial charge < -0.3 is 10.1 Å². The van der Waals surface area contributed by atoms with Crippen LogP contribution in [-0.2, 0) is 14.8 Å². The van der Waals surface area contributed by atoms with Gasteiger partial charge in [0.2, 0.25) is 0 Å².